The molecule has 6 nitrogen and oxygen atoms in total. The summed E-state index contributed by atoms with van der Waals surface area (Å²) in [5, 5.41) is 6.13. The third kappa shape index (κ3) is 4.62. The van der Waals surface area contributed by atoms with Crippen molar-refractivity contribution in [3.63, 3.8) is 0 Å². The third-order valence-electron chi connectivity index (χ3n) is 5.72. The van der Waals surface area contributed by atoms with Gasteiger partial charge in [0, 0.05) is 31.7 Å². The topological polar surface area (TPSA) is 78.5 Å². The molecule has 29 heavy (non-hydrogen) atoms. The summed E-state index contributed by atoms with van der Waals surface area (Å²) in [4.78, 5) is 12.6. The highest BCUT2D eigenvalue weighted by Gasteiger charge is 2.44. The molecule has 0 aliphatic heterocycles. The lowest BCUT2D eigenvalue weighted by molar-refractivity contribution is -0.119. The summed E-state index contributed by atoms with van der Waals surface area (Å²) in [5.74, 6) is -0.106. The lowest BCUT2D eigenvalue weighted by Crippen LogP contribution is -2.36. The number of nitrogens with one attached hydrogen (secondary N) is 2. The zero-order valence-electron chi connectivity index (χ0n) is 17.5. The number of benzene rings is 2. The van der Waals surface area contributed by atoms with Crippen LogP contribution in [0.1, 0.15) is 29.5 Å². The van der Waals surface area contributed by atoms with E-state index >= 15 is 0 Å². The van der Waals surface area contributed by atoms with Gasteiger partial charge in [-0.3, -0.25) is 4.79 Å². The van der Waals surface area contributed by atoms with E-state index in [2.05, 4.69) is 22.8 Å². The molecule has 1 aliphatic rings. The van der Waals surface area contributed by atoms with E-state index in [1.165, 1.54) is 24.0 Å². The Labute approximate surface area is 173 Å². The van der Waals surface area contributed by atoms with Crippen molar-refractivity contribution in [2.45, 2.75) is 37.0 Å². The second-order valence-electron chi connectivity index (χ2n) is 7.98. The highest BCUT2D eigenvalue weighted by molar-refractivity contribution is 7.89. The van der Waals surface area contributed by atoms with E-state index in [1.807, 2.05) is 32.0 Å². The Kier molecular flexibility index (Phi) is 6.00. The minimum atomic E-state index is -3.54. The van der Waals surface area contributed by atoms with E-state index in [1.54, 1.807) is 12.1 Å². The van der Waals surface area contributed by atoms with Gasteiger partial charge in [-0.05, 0) is 55.5 Å². The molecular weight excluding hydrogens is 386 g/mol. The van der Waals surface area contributed by atoms with Gasteiger partial charge < -0.3 is 10.6 Å². The molecule has 2 N–H and O–H groups in total. The van der Waals surface area contributed by atoms with Crippen LogP contribution in [-0.4, -0.2) is 45.8 Å². The predicted octanol–water partition coefficient (Wildman–Crippen LogP) is 2.81. The number of anilines is 1. The first-order valence-electron chi connectivity index (χ1n) is 9.76. The van der Waals surface area contributed by atoms with Gasteiger partial charge in [0.1, 0.15) is 0 Å². The quantitative estimate of drug-likeness (QED) is 0.695. The maximum Gasteiger partial charge on any atom is 0.242 e. The molecule has 1 aliphatic carbocycles. The molecule has 0 saturated heterocycles. The van der Waals surface area contributed by atoms with Crippen molar-refractivity contribution in [1.29, 1.82) is 0 Å². The smallest absolute Gasteiger partial charge is 0.242 e. The third-order valence-corrected chi connectivity index (χ3v) is 7.52. The minimum Gasteiger partial charge on any atom is -0.376 e. The van der Waals surface area contributed by atoms with Crippen molar-refractivity contribution in [2.75, 3.05) is 32.5 Å². The number of hydrogen-bond acceptors (Lipinski definition) is 4. The second-order valence-corrected chi connectivity index (χ2v) is 10.1. The summed E-state index contributed by atoms with van der Waals surface area (Å²) in [5.41, 5.74) is 3.77. The van der Waals surface area contributed by atoms with Gasteiger partial charge in [0.25, 0.3) is 0 Å². The van der Waals surface area contributed by atoms with Crippen LogP contribution in [0, 0.1) is 13.8 Å². The zero-order chi connectivity index (χ0) is 21.2. The Morgan fingerprint density at radius 1 is 1.10 bits per heavy atom. The maximum atomic E-state index is 12.5. The average Bonchev–Trinajstić information content (AvgIpc) is 3.49. The second kappa shape index (κ2) is 8.16. The molecule has 0 aromatic heterocycles. The molecule has 2 aromatic carbocycles. The van der Waals surface area contributed by atoms with E-state index < -0.39 is 10.0 Å². The van der Waals surface area contributed by atoms with E-state index in [-0.39, 0.29) is 22.8 Å². The summed E-state index contributed by atoms with van der Waals surface area (Å²) in [6, 6.07) is 13.5. The molecule has 1 amide bonds. The molecule has 1 saturated carbocycles. The van der Waals surface area contributed by atoms with E-state index in [9.17, 15) is 13.2 Å². The molecule has 0 bridgehead atoms. The van der Waals surface area contributed by atoms with Crippen molar-refractivity contribution in [3.8, 4) is 0 Å². The van der Waals surface area contributed by atoms with Crippen molar-refractivity contribution in [2.24, 2.45) is 0 Å². The lowest BCUT2D eigenvalue weighted by Gasteiger charge is -2.18. The summed E-state index contributed by atoms with van der Waals surface area (Å²) in [6.07, 6.45) is 2.15. The van der Waals surface area contributed by atoms with Crippen LogP contribution in [0.4, 0.5) is 5.69 Å². The predicted molar refractivity (Wildman–Crippen MR) is 116 cm³/mol. The molecule has 3 rings (SSSR count). The molecule has 2 aromatic rings. The van der Waals surface area contributed by atoms with Gasteiger partial charge in [-0.1, -0.05) is 30.3 Å². The molecule has 0 spiro atoms. The number of rotatable bonds is 8. The standard InChI is InChI=1S/C22H29N3O3S/c1-16-12-19(29(27,28)25(3)4)13-20(17(16)2)23-14-21(26)24-15-22(10-11-22)18-8-6-5-7-9-18/h5-9,12-13,23H,10-11,14-15H2,1-4H3,(H,24,26). The largest absolute Gasteiger partial charge is 0.376 e. The molecule has 0 heterocycles. The van der Waals surface area contributed by atoms with Crippen LogP contribution >= 0.6 is 0 Å². The van der Waals surface area contributed by atoms with Gasteiger partial charge in [0.15, 0.2) is 0 Å². The number of sulfonamides is 1. The van der Waals surface area contributed by atoms with Gasteiger partial charge in [0.05, 0.1) is 11.4 Å². The van der Waals surface area contributed by atoms with E-state index in [0.717, 1.165) is 24.0 Å². The first-order chi connectivity index (χ1) is 13.7. The minimum absolute atomic E-state index is 0.0587. The molecule has 0 radical (unpaired) electrons. The summed E-state index contributed by atoms with van der Waals surface area (Å²) < 4.78 is 26.1. The summed E-state index contributed by atoms with van der Waals surface area (Å²) in [7, 11) is -0.525. The first kappa shape index (κ1) is 21.3. The van der Waals surface area contributed by atoms with Crippen LogP contribution in [0.3, 0.4) is 0 Å². The summed E-state index contributed by atoms with van der Waals surface area (Å²) >= 11 is 0. The van der Waals surface area contributed by atoms with Gasteiger partial charge >= 0.3 is 0 Å². The Morgan fingerprint density at radius 2 is 1.76 bits per heavy atom. The van der Waals surface area contributed by atoms with Crippen LogP contribution in [0.25, 0.3) is 0 Å². The Hall–Kier alpha value is -2.38. The van der Waals surface area contributed by atoms with Crippen LogP contribution < -0.4 is 10.6 Å². The van der Waals surface area contributed by atoms with Crippen molar-refractivity contribution in [3.05, 3.63) is 59.2 Å². The van der Waals surface area contributed by atoms with Gasteiger partial charge in [-0.25, -0.2) is 12.7 Å². The SMILES string of the molecule is Cc1cc(S(=O)(=O)N(C)C)cc(NCC(=O)NCC2(c3ccccc3)CC2)c1C. The number of aryl methyl sites for hydroxylation is 1. The average molecular weight is 416 g/mol. The van der Waals surface area contributed by atoms with Crippen LogP contribution in [0.2, 0.25) is 0 Å². The molecular formula is C22H29N3O3S. The fraction of sp³-hybridized carbons (Fsp3) is 0.409. The fourth-order valence-electron chi connectivity index (χ4n) is 3.39. The molecule has 0 atom stereocenters. The number of hydrogen-bond donors (Lipinski definition) is 2. The summed E-state index contributed by atoms with van der Waals surface area (Å²) in [6.45, 7) is 4.49. The van der Waals surface area contributed by atoms with Gasteiger partial charge in [-0.15, -0.1) is 0 Å². The van der Waals surface area contributed by atoms with E-state index in [4.69, 9.17) is 0 Å². The van der Waals surface area contributed by atoms with Crippen LogP contribution in [-0.2, 0) is 20.2 Å². The number of carbonyl (C=O) groups is 1. The van der Waals surface area contributed by atoms with Gasteiger partial charge in [0.2, 0.25) is 15.9 Å². The highest BCUT2D eigenvalue weighted by atomic mass is 32.2. The molecule has 156 valence electrons. The number of amides is 1. The first-order valence-corrected chi connectivity index (χ1v) is 11.2. The fourth-order valence-corrected chi connectivity index (χ4v) is 4.40. The van der Waals surface area contributed by atoms with Crippen LogP contribution in [0.15, 0.2) is 47.4 Å². The van der Waals surface area contributed by atoms with Crippen molar-refractivity contribution in [1.82, 2.24) is 9.62 Å². The molecule has 7 heteroatoms. The Morgan fingerprint density at radius 3 is 2.34 bits per heavy atom. The number of carbonyl (C=O) groups excluding carboxylic acids is 1. The maximum absolute atomic E-state index is 12.5. The van der Waals surface area contributed by atoms with Crippen molar-refractivity contribution >= 4 is 21.6 Å². The monoisotopic (exact) mass is 415 g/mol. The number of nitrogens with zero attached hydrogens (tertiary/aromatic N) is 1. The zero-order valence-corrected chi connectivity index (χ0v) is 18.3. The van der Waals surface area contributed by atoms with E-state index in [0.29, 0.717) is 12.2 Å². The lowest BCUT2D eigenvalue weighted by atomic mass is 9.96. The van der Waals surface area contributed by atoms with Crippen molar-refractivity contribution < 1.29 is 13.2 Å². The highest BCUT2D eigenvalue weighted by Crippen LogP contribution is 2.47. The molecule has 0 unspecified atom stereocenters. The van der Waals surface area contributed by atoms with Gasteiger partial charge in [-0.2, -0.15) is 0 Å². The van der Waals surface area contributed by atoms with Crippen LogP contribution in [0.5, 0.6) is 0 Å². The normalized spacial score (nSPS) is 15.2. The molecule has 1 fully saturated rings. The Balaban J connectivity index is 1.64. The Bertz CT molecular complexity index is 997.